The van der Waals surface area contributed by atoms with Crippen LogP contribution in [-0.2, 0) is 21.2 Å². The fourth-order valence-electron chi connectivity index (χ4n) is 3.34. The fraction of sp³-hybridized carbons (Fsp3) is 0.300. The number of hydrogen-bond acceptors (Lipinski definition) is 8. The van der Waals surface area contributed by atoms with Gasteiger partial charge in [-0.25, -0.2) is 8.42 Å². The van der Waals surface area contributed by atoms with E-state index in [0.717, 1.165) is 5.56 Å². The van der Waals surface area contributed by atoms with E-state index >= 15 is 0 Å². The van der Waals surface area contributed by atoms with Gasteiger partial charge in [-0.15, -0.1) is 0 Å². The van der Waals surface area contributed by atoms with E-state index in [4.69, 9.17) is 4.52 Å². The highest BCUT2D eigenvalue weighted by Crippen LogP contribution is 2.22. The van der Waals surface area contributed by atoms with Gasteiger partial charge in [-0.1, -0.05) is 17.3 Å². The molecule has 3 aromatic rings. The van der Waals surface area contributed by atoms with E-state index < -0.39 is 10.0 Å². The van der Waals surface area contributed by atoms with E-state index in [0.29, 0.717) is 18.1 Å². The van der Waals surface area contributed by atoms with Crippen LogP contribution in [0.1, 0.15) is 17.9 Å². The summed E-state index contributed by atoms with van der Waals surface area (Å²) in [4.78, 5) is 18.5. The van der Waals surface area contributed by atoms with Crippen molar-refractivity contribution >= 4 is 27.3 Å². The third-order valence-corrected chi connectivity index (χ3v) is 7.66. The molecule has 0 radical (unpaired) electrons. The highest BCUT2D eigenvalue weighted by molar-refractivity contribution is 7.89. The first-order valence-electron chi connectivity index (χ1n) is 9.61. The van der Waals surface area contributed by atoms with E-state index in [1.165, 1.54) is 27.8 Å². The van der Waals surface area contributed by atoms with Crippen LogP contribution in [0.2, 0.25) is 0 Å². The molecule has 0 saturated carbocycles. The van der Waals surface area contributed by atoms with Gasteiger partial charge in [-0.3, -0.25) is 4.79 Å². The van der Waals surface area contributed by atoms with Crippen LogP contribution in [0.15, 0.2) is 50.5 Å². The zero-order chi connectivity index (χ0) is 21.8. The van der Waals surface area contributed by atoms with Crippen molar-refractivity contribution in [3.05, 3.63) is 52.5 Å². The van der Waals surface area contributed by atoms with Gasteiger partial charge in [0, 0.05) is 50.0 Å². The van der Waals surface area contributed by atoms with Crippen molar-refractivity contribution in [3.63, 3.8) is 0 Å². The van der Waals surface area contributed by atoms with Gasteiger partial charge in [0.1, 0.15) is 6.07 Å². The summed E-state index contributed by atoms with van der Waals surface area (Å²) >= 11 is 1.54. The second-order valence-corrected chi connectivity index (χ2v) is 9.60. The second kappa shape index (κ2) is 8.97. The van der Waals surface area contributed by atoms with Gasteiger partial charge in [0.2, 0.25) is 27.6 Å². The monoisotopic (exact) mass is 457 g/mol. The molecule has 0 N–H and O–H groups in total. The lowest BCUT2D eigenvalue weighted by Crippen LogP contribution is -2.50. The summed E-state index contributed by atoms with van der Waals surface area (Å²) in [6.07, 6.45) is 0.527. The number of sulfonamides is 1. The Morgan fingerprint density at radius 1 is 1.19 bits per heavy atom. The molecule has 0 unspecified atom stereocenters. The molecule has 0 aliphatic carbocycles. The normalized spacial score (nSPS) is 15.0. The average Bonchev–Trinajstić information content (AvgIpc) is 3.49. The molecule has 9 nitrogen and oxygen atoms in total. The van der Waals surface area contributed by atoms with Gasteiger partial charge in [-0.05, 0) is 23.6 Å². The number of nitrogens with zero attached hydrogens (tertiary/aromatic N) is 5. The molecule has 1 aliphatic heterocycles. The van der Waals surface area contributed by atoms with E-state index in [1.54, 1.807) is 17.0 Å². The molecule has 160 valence electrons. The molecule has 1 aliphatic rings. The number of aryl methyl sites for hydroxylation is 1. The van der Waals surface area contributed by atoms with Crippen LogP contribution in [0.25, 0.3) is 11.4 Å². The standard InChI is InChI=1S/C20H19N5O4S2/c21-13-15-3-1-2-4-17(15)31(27,28)25-10-8-24(9-11-25)19(26)6-5-18-22-20(23-29-18)16-7-12-30-14-16/h1-4,7,12,14H,5-6,8-11H2. The lowest BCUT2D eigenvalue weighted by atomic mass is 10.2. The fourth-order valence-corrected chi connectivity index (χ4v) is 5.54. The summed E-state index contributed by atoms with van der Waals surface area (Å²) in [6.45, 7) is 0.931. The van der Waals surface area contributed by atoms with Crippen LogP contribution in [-0.4, -0.2) is 59.8 Å². The molecule has 4 rings (SSSR count). The topological polar surface area (TPSA) is 120 Å². The van der Waals surface area contributed by atoms with Gasteiger partial charge >= 0.3 is 0 Å². The lowest BCUT2D eigenvalue weighted by Gasteiger charge is -2.34. The molecule has 0 atom stereocenters. The second-order valence-electron chi connectivity index (χ2n) is 6.92. The molecule has 1 fully saturated rings. The Balaban J connectivity index is 1.32. The van der Waals surface area contributed by atoms with Crippen molar-refractivity contribution in [1.29, 1.82) is 5.26 Å². The summed E-state index contributed by atoms with van der Waals surface area (Å²) < 4.78 is 32.3. The summed E-state index contributed by atoms with van der Waals surface area (Å²) in [5, 5.41) is 17.0. The number of rotatable bonds is 6. The van der Waals surface area contributed by atoms with Gasteiger partial charge in [0.25, 0.3) is 0 Å². The van der Waals surface area contributed by atoms with Crippen LogP contribution >= 0.6 is 11.3 Å². The Morgan fingerprint density at radius 2 is 1.97 bits per heavy atom. The maximum Gasteiger partial charge on any atom is 0.244 e. The summed E-state index contributed by atoms with van der Waals surface area (Å²) in [5.74, 6) is 0.800. The van der Waals surface area contributed by atoms with Gasteiger partial charge in [0.15, 0.2) is 0 Å². The van der Waals surface area contributed by atoms with Gasteiger partial charge in [0.05, 0.1) is 10.5 Å². The van der Waals surface area contributed by atoms with Gasteiger partial charge in [-0.2, -0.15) is 25.9 Å². The van der Waals surface area contributed by atoms with Crippen molar-refractivity contribution in [3.8, 4) is 17.5 Å². The number of amides is 1. The largest absolute Gasteiger partial charge is 0.340 e. The molecular weight excluding hydrogens is 438 g/mol. The van der Waals surface area contributed by atoms with Crippen molar-refractivity contribution in [2.45, 2.75) is 17.7 Å². The summed E-state index contributed by atoms with van der Waals surface area (Å²) in [5.41, 5.74) is 0.990. The average molecular weight is 458 g/mol. The quantitative estimate of drug-likeness (QED) is 0.556. The van der Waals surface area contributed by atoms with Gasteiger partial charge < -0.3 is 9.42 Å². The maximum atomic E-state index is 12.9. The Hall–Kier alpha value is -3.07. The Morgan fingerprint density at radius 3 is 2.68 bits per heavy atom. The molecular formula is C20H19N5O4S2. The zero-order valence-corrected chi connectivity index (χ0v) is 18.1. The minimum Gasteiger partial charge on any atom is -0.340 e. The smallest absolute Gasteiger partial charge is 0.244 e. The number of hydrogen-bond donors (Lipinski definition) is 0. The Labute approximate surface area is 183 Å². The van der Waals surface area contributed by atoms with E-state index in [2.05, 4.69) is 10.1 Å². The summed E-state index contributed by atoms with van der Waals surface area (Å²) in [6, 6.07) is 9.95. The number of carbonyl (C=O) groups is 1. The molecule has 1 aromatic carbocycles. The first-order valence-corrected chi connectivity index (χ1v) is 12.0. The first-order chi connectivity index (χ1) is 15.0. The van der Waals surface area contributed by atoms with E-state index in [-0.39, 0.29) is 49.0 Å². The number of aromatic nitrogens is 2. The van der Waals surface area contributed by atoms with Crippen molar-refractivity contribution in [1.82, 2.24) is 19.3 Å². The number of nitriles is 1. The molecule has 0 bridgehead atoms. The highest BCUT2D eigenvalue weighted by Gasteiger charge is 2.31. The molecule has 31 heavy (non-hydrogen) atoms. The van der Waals surface area contributed by atoms with Crippen LogP contribution in [0.4, 0.5) is 0 Å². The lowest BCUT2D eigenvalue weighted by molar-refractivity contribution is -0.132. The predicted octanol–water partition coefficient (Wildman–Crippen LogP) is 2.14. The number of piperazine rings is 1. The molecule has 0 spiro atoms. The maximum absolute atomic E-state index is 12.9. The number of benzene rings is 1. The van der Waals surface area contributed by atoms with E-state index in [9.17, 15) is 18.5 Å². The number of carbonyl (C=O) groups excluding carboxylic acids is 1. The SMILES string of the molecule is N#Cc1ccccc1S(=O)(=O)N1CCN(C(=O)CCc2nc(-c3ccsc3)no2)CC1. The minimum atomic E-state index is -3.79. The van der Waals surface area contributed by atoms with Crippen molar-refractivity contribution in [2.24, 2.45) is 0 Å². The highest BCUT2D eigenvalue weighted by atomic mass is 32.2. The third kappa shape index (κ3) is 4.51. The predicted molar refractivity (Wildman–Crippen MR) is 112 cm³/mol. The Bertz CT molecular complexity index is 1210. The molecule has 2 aromatic heterocycles. The van der Waals surface area contributed by atoms with Crippen LogP contribution in [0.5, 0.6) is 0 Å². The van der Waals surface area contributed by atoms with Crippen LogP contribution < -0.4 is 0 Å². The first kappa shape index (κ1) is 21.2. The number of thiophene rings is 1. The minimum absolute atomic E-state index is 0.00454. The Kier molecular flexibility index (Phi) is 6.13. The third-order valence-electron chi connectivity index (χ3n) is 5.02. The molecule has 11 heteroatoms. The van der Waals surface area contributed by atoms with Crippen molar-refractivity contribution < 1.29 is 17.7 Å². The van der Waals surface area contributed by atoms with E-state index in [1.807, 2.05) is 22.9 Å². The molecule has 3 heterocycles. The molecule has 1 amide bonds. The zero-order valence-electron chi connectivity index (χ0n) is 16.5. The molecule has 1 saturated heterocycles. The van der Waals surface area contributed by atoms with Crippen molar-refractivity contribution in [2.75, 3.05) is 26.2 Å². The summed E-state index contributed by atoms with van der Waals surface area (Å²) in [7, 11) is -3.79. The van der Waals surface area contributed by atoms with Crippen LogP contribution in [0, 0.1) is 11.3 Å². The van der Waals surface area contributed by atoms with Crippen LogP contribution in [0.3, 0.4) is 0 Å².